The Balaban J connectivity index is 1.59. The number of nitrogens with one attached hydrogen (secondary N) is 1. The molecule has 0 spiro atoms. The second-order valence-electron chi connectivity index (χ2n) is 5.89. The molecule has 2 aromatic rings. The Kier molecular flexibility index (Phi) is 5.14. The number of carbonyl (C=O) groups is 3. The quantitative estimate of drug-likeness (QED) is 0.831. The van der Waals surface area contributed by atoms with E-state index in [1.54, 1.807) is 0 Å². The van der Waals surface area contributed by atoms with E-state index in [2.05, 4.69) is 5.32 Å². The molecule has 1 aliphatic rings. The van der Waals surface area contributed by atoms with Crippen LogP contribution in [0.1, 0.15) is 43.3 Å². The van der Waals surface area contributed by atoms with Crippen LogP contribution in [-0.2, 0) is 17.9 Å². The minimum Gasteiger partial charge on any atom is -0.477 e. The molecule has 0 radical (unpaired) electrons. The molecule has 6 nitrogen and oxygen atoms in total. The Bertz CT molecular complexity index is 815. The van der Waals surface area contributed by atoms with Crippen molar-refractivity contribution in [2.45, 2.75) is 25.9 Å². The summed E-state index contributed by atoms with van der Waals surface area (Å²) in [5.41, 5.74) is 1.97. The van der Waals surface area contributed by atoms with Crippen LogP contribution in [0.2, 0.25) is 0 Å². The molecule has 1 aromatic carbocycles. The van der Waals surface area contributed by atoms with Crippen LogP contribution >= 0.6 is 11.3 Å². The van der Waals surface area contributed by atoms with E-state index >= 15 is 0 Å². The van der Waals surface area contributed by atoms with E-state index in [0.29, 0.717) is 24.4 Å². The minimum atomic E-state index is -1.03. The predicted molar refractivity (Wildman–Crippen MR) is 93.5 cm³/mol. The molecule has 25 heavy (non-hydrogen) atoms. The summed E-state index contributed by atoms with van der Waals surface area (Å²) in [4.78, 5) is 37.1. The van der Waals surface area contributed by atoms with Gasteiger partial charge in [0.15, 0.2) is 0 Å². The van der Waals surface area contributed by atoms with Crippen molar-refractivity contribution in [3.8, 4) is 0 Å². The van der Waals surface area contributed by atoms with Crippen LogP contribution < -0.4 is 5.32 Å². The van der Waals surface area contributed by atoms with Crippen molar-refractivity contribution in [3.63, 3.8) is 0 Å². The van der Waals surface area contributed by atoms with Gasteiger partial charge in [-0.1, -0.05) is 24.3 Å². The van der Waals surface area contributed by atoms with Gasteiger partial charge in [-0.15, -0.1) is 11.3 Å². The second-order valence-corrected chi connectivity index (χ2v) is 6.97. The first kappa shape index (κ1) is 17.2. The molecule has 130 valence electrons. The van der Waals surface area contributed by atoms with Crippen LogP contribution in [0, 0.1) is 0 Å². The summed E-state index contributed by atoms with van der Waals surface area (Å²) < 4.78 is 0. The smallest absolute Gasteiger partial charge is 0.345 e. The van der Waals surface area contributed by atoms with E-state index in [4.69, 9.17) is 5.11 Å². The van der Waals surface area contributed by atoms with Gasteiger partial charge in [0, 0.05) is 26.1 Å². The van der Waals surface area contributed by atoms with Gasteiger partial charge >= 0.3 is 5.97 Å². The lowest BCUT2D eigenvalue weighted by atomic mass is 10.1. The van der Waals surface area contributed by atoms with Gasteiger partial charge in [-0.25, -0.2) is 4.79 Å². The molecule has 1 aromatic heterocycles. The summed E-state index contributed by atoms with van der Waals surface area (Å²) >= 11 is 0.953. The van der Waals surface area contributed by atoms with Crippen molar-refractivity contribution in [1.82, 2.24) is 10.2 Å². The third-order valence-electron chi connectivity index (χ3n) is 4.03. The Labute approximate surface area is 149 Å². The standard InChI is InChI=1S/C18H18N2O4S/c21-16-5-2-8-20(16)11-13-4-1-3-12(9-13)10-19-17(22)14-6-7-15(25-14)18(23)24/h1,3-4,6-7,9H,2,5,8,10-11H2,(H,19,22)(H,23,24). The van der Waals surface area contributed by atoms with Crippen molar-refractivity contribution in [1.29, 1.82) is 0 Å². The third kappa shape index (κ3) is 4.24. The molecule has 2 heterocycles. The highest BCUT2D eigenvalue weighted by Gasteiger charge is 2.20. The summed E-state index contributed by atoms with van der Waals surface area (Å²) in [6.07, 6.45) is 1.53. The maximum Gasteiger partial charge on any atom is 0.345 e. The number of thiophene rings is 1. The van der Waals surface area contributed by atoms with Crippen LogP contribution in [0.3, 0.4) is 0 Å². The number of carbonyl (C=O) groups excluding carboxylic acids is 2. The Morgan fingerprint density at radius 1 is 1.16 bits per heavy atom. The lowest BCUT2D eigenvalue weighted by Gasteiger charge is -2.16. The average molecular weight is 358 g/mol. The van der Waals surface area contributed by atoms with E-state index in [0.717, 1.165) is 35.4 Å². The van der Waals surface area contributed by atoms with Gasteiger partial charge in [0.2, 0.25) is 5.91 Å². The predicted octanol–water partition coefficient (Wildman–Crippen LogP) is 2.50. The van der Waals surface area contributed by atoms with Crippen LogP contribution in [-0.4, -0.2) is 34.3 Å². The minimum absolute atomic E-state index is 0.141. The molecule has 1 aliphatic heterocycles. The van der Waals surface area contributed by atoms with Gasteiger partial charge < -0.3 is 15.3 Å². The fraction of sp³-hybridized carbons (Fsp3) is 0.278. The maximum absolute atomic E-state index is 12.1. The molecular formula is C18H18N2O4S. The van der Waals surface area contributed by atoms with Crippen LogP contribution in [0.4, 0.5) is 0 Å². The molecular weight excluding hydrogens is 340 g/mol. The Hall–Kier alpha value is -2.67. The number of hydrogen-bond acceptors (Lipinski definition) is 4. The van der Waals surface area contributed by atoms with E-state index < -0.39 is 5.97 Å². The van der Waals surface area contributed by atoms with Crippen molar-refractivity contribution in [3.05, 3.63) is 57.3 Å². The lowest BCUT2D eigenvalue weighted by molar-refractivity contribution is -0.128. The number of likely N-dealkylation sites (tertiary alicyclic amines) is 1. The summed E-state index contributed by atoms with van der Waals surface area (Å²) in [5, 5.41) is 11.7. The second kappa shape index (κ2) is 7.48. The first-order valence-electron chi connectivity index (χ1n) is 8.00. The zero-order chi connectivity index (χ0) is 17.8. The van der Waals surface area contributed by atoms with Gasteiger partial charge in [0.25, 0.3) is 5.91 Å². The molecule has 2 N–H and O–H groups in total. The van der Waals surface area contributed by atoms with Crippen LogP contribution in [0.15, 0.2) is 36.4 Å². The topological polar surface area (TPSA) is 86.7 Å². The number of amides is 2. The molecule has 0 bridgehead atoms. The zero-order valence-corrected chi connectivity index (χ0v) is 14.3. The van der Waals surface area contributed by atoms with E-state index in [1.165, 1.54) is 12.1 Å². The highest BCUT2D eigenvalue weighted by atomic mass is 32.1. The van der Waals surface area contributed by atoms with Gasteiger partial charge in [0.1, 0.15) is 4.88 Å². The fourth-order valence-corrected chi connectivity index (χ4v) is 3.54. The largest absolute Gasteiger partial charge is 0.477 e. The lowest BCUT2D eigenvalue weighted by Crippen LogP contribution is -2.24. The molecule has 0 saturated carbocycles. The molecule has 1 saturated heterocycles. The Morgan fingerprint density at radius 2 is 1.92 bits per heavy atom. The monoisotopic (exact) mass is 358 g/mol. The average Bonchev–Trinajstić information content (AvgIpc) is 3.23. The van der Waals surface area contributed by atoms with Crippen molar-refractivity contribution < 1.29 is 19.5 Å². The van der Waals surface area contributed by atoms with Gasteiger partial charge in [0.05, 0.1) is 4.88 Å². The number of nitrogens with zero attached hydrogens (tertiary/aromatic N) is 1. The number of carboxylic acids is 1. The van der Waals surface area contributed by atoms with E-state index in [9.17, 15) is 14.4 Å². The molecule has 0 unspecified atom stereocenters. The van der Waals surface area contributed by atoms with Gasteiger partial charge in [-0.3, -0.25) is 9.59 Å². The molecule has 7 heteroatoms. The van der Waals surface area contributed by atoms with Crippen LogP contribution in [0.25, 0.3) is 0 Å². The molecule has 1 fully saturated rings. The van der Waals surface area contributed by atoms with Gasteiger partial charge in [-0.2, -0.15) is 0 Å². The summed E-state index contributed by atoms with van der Waals surface area (Å²) in [5.74, 6) is -1.14. The molecule has 0 atom stereocenters. The number of rotatable bonds is 6. The summed E-state index contributed by atoms with van der Waals surface area (Å²) in [7, 11) is 0. The van der Waals surface area contributed by atoms with Crippen molar-refractivity contribution in [2.24, 2.45) is 0 Å². The highest BCUT2D eigenvalue weighted by Crippen LogP contribution is 2.17. The number of hydrogen-bond donors (Lipinski definition) is 2. The normalized spacial score (nSPS) is 13.9. The SMILES string of the molecule is O=C(O)c1ccc(C(=O)NCc2cccc(CN3CCCC3=O)c2)s1. The Morgan fingerprint density at radius 3 is 2.60 bits per heavy atom. The first-order chi connectivity index (χ1) is 12.0. The van der Waals surface area contributed by atoms with E-state index in [-0.39, 0.29) is 16.7 Å². The number of carboxylic acid groups (broad SMARTS) is 1. The van der Waals surface area contributed by atoms with Crippen molar-refractivity contribution in [2.75, 3.05) is 6.54 Å². The summed E-state index contributed by atoms with van der Waals surface area (Å²) in [6, 6.07) is 10.7. The molecule has 0 aliphatic carbocycles. The van der Waals surface area contributed by atoms with Crippen LogP contribution in [0.5, 0.6) is 0 Å². The third-order valence-corrected chi connectivity index (χ3v) is 5.10. The van der Waals surface area contributed by atoms with Crippen molar-refractivity contribution >= 4 is 29.1 Å². The first-order valence-corrected chi connectivity index (χ1v) is 8.81. The number of benzene rings is 1. The fourth-order valence-electron chi connectivity index (χ4n) is 2.77. The maximum atomic E-state index is 12.1. The summed E-state index contributed by atoms with van der Waals surface area (Å²) in [6.45, 7) is 1.73. The molecule has 3 rings (SSSR count). The van der Waals surface area contributed by atoms with E-state index in [1.807, 2.05) is 29.2 Å². The zero-order valence-electron chi connectivity index (χ0n) is 13.5. The highest BCUT2D eigenvalue weighted by molar-refractivity contribution is 7.15. The van der Waals surface area contributed by atoms with Gasteiger partial charge in [-0.05, 0) is 29.7 Å². The number of aromatic carboxylic acids is 1. The molecule has 2 amide bonds.